The van der Waals surface area contributed by atoms with Crippen LogP contribution in [0.3, 0.4) is 0 Å². The molecule has 1 saturated carbocycles. The number of esters is 2. The molecule has 0 aliphatic heterocycles. The number of benzene rings is 2. The lowest BCUT2D eigenvalue weighted by atomic mass is 9.87. The van der Waals surface area contributed by atoms with E-state index in [0.29, 0.717) is 42.7 Å². The van der Waals surface area contributed by atoms with Crippen molar-refractivity contribution >= 4 is 11.9 Å². The van der Waals surface area contributed by atoms with Gasteiger partial charge in [0.2, 0.25) is 0 Å². The Morgan fingerprint density at radius 3 is 1.92 bits per heavy atom. The van der Waals surface area contributed by atoms with Gasteiger partial charge in [-0.1, -0.05) is 0 Å². The molecule has 0 heterocycles. The first-order chi connectivity index (χ1) is 12.5. The Balaban J connectivity index is 1.55. The Morgan fingerprint density at radius 1 is 0.808 bits per heavy atom. The number of hydrogen-bond donors (Lipinski definition) is 2. The molecule has 2 N–H and O–H groups in total. The maximum atomic E-state index is 12.1. The zero-order valence-corrected chi connectivity index (χ0v) is 14.1. The molecule has 1 aliphatic rings. The number of phenolic OH excluding ortho intramolecular Hbond substituents is 1. The standard InChI is InChI=1S/C20H20O6/c21-15-5-1-13(2-6-15)19(23)25-17-9-11-18(12-10-17)26-20(24)14-3-7-16(22)8-4-14/h1-2,5-6,9-12,14,16,21-22H,3-4,7-8H2. The second kappa shape index (κ2) is 8.01. The van der Waals surface area contributed by atoms with Gasteiger partial charge in [0, 0.05) is 0 Å². The molecule has 0 aromatic heterocycles. The Kier molecular flexibility index (Phi) is 5.53. The van der Waals surface area contributed by atoms with Gasteiger partial charge in [0.25, 0.3) is 0 Å². The van der Waals surface area contributed by atoms with Crippen molar-refractivity contribution in [1.82, 2.24) is 0 Å². The molecule has 0 amide bonds. The molecule has 0 saturated heterocycles. The van der Waals surface area contributed by atoms with Crippen LogP contribution in [0.2, 0.25) is 0 Å². The predicted octanol–water partition coefficient (Wildman–Crippen LogP) is 3.07. The van der Waals surface area contributed by atoms with Gasteiger partial charge >= 0.3 is 11.9 Å². The molecular weight excluding hydrogens is 336 g/mol. The van der Waals surface area contributed by atoms with Crippen LogP contribution in [0.1, 0.15) is 36.0 Å². The van der Waals surface area contributed by atoms with Crippen molar-refractivity contribution in [2.45, 2.75) is 31.8 Å². The maximum absolute atomic E-state index is 12.1. The third-order valence-electron chi connectivity index (χ3n) is 4.39. The van der Waals surface area contributed by atoms with Gasteiger partial charge in [-0.05, 0) is 74.2 Å². The second-order valence-corrected chi connectivity index (χ2v) is 6.33. The van der Waals surface area contributed by atoms with E-state index in [1.807, 2.05) is 0 Å². The van der Waals surface area contributed by atoms with Gasteiger partial charge in [-0.15, -0.1) is 0 Å². The second-order valence-electron chi connectivity index (χ2n) is 6.33. The van der Waals surface area contributed by atoms with Crippen LogP contribution in [-0.2, 0) is 4.79 Å². The fourth-order valence-corrected chi connectivity index (χ4v) is 2.85. The smallest absolute Gasteiger partial charge is 0.343 e. The summed E-state index contributed by atoms with van der Waals surface area (Å²) in [5.41, 5.74) is 0.317. The largest absolute Gasteiger partial charge is 0.508 e. The van der Waals surface area contributed by atoms with E-state index >= 15 is 0 Å². The predicted molar refractivity (Wildman–Crippen MR) is 93.1 cm³/mol. The van der Waals surface area contributed by atoms with Gasteiger partial charge in [-0.3, -0.25) is 4.79 Å². The van der Waals surface area contributed by atoms with E-state index in [1.165, 1.54) is 24.3 Å². The first-order valence-electron chi connectivity index (χ1n) is 8.52. The Bertz CT molecular complexity index is 758. The van der Waals surface area contributed by atoms with Gasteiger partial charge in [0.15, 0.2) is 0 Å². The Morgan fingerprint density at radius 2 is 1.35 bits per heavy atom. The summed E-state index contributed by atoms with van der Waals surface area (Å²) in [4.78, 5) is 24.2. The van der Waals surface area contributed by atoms with Crippen LogP contribution < -0.4 is 9.47 Å². The zero-order chi connectivity index (χ0) is 18.5. The highest BCUT2D eigenvalue weighted by Gasteiger charge is 2.26. The molecule has 0 radical (unpaired) electrons. The molecule has 6 heteroatoms. The van der Waals surface area contributed by atoms with E-state index in [1.54, 1.807) is 24.3 Å². The lowest BCUT2D eigenvalue weighted by Crippen LogP contribution is -2.27. The van der Waals surface area contributed by atoms with Gasteiger partial charge in [0.1, 0.15) is 17.2 Å². The molecule has 3 rings (SSSR count). The number of phenols is 1. The van der Waals surface area contributed by atoms with Gasteiger partial charge < -0.3 is 19.7 Å². The van der Waals surface area contributed by atoms with E-state index in [2.05, 4.69) is 0 Å². The van der Waals surface area contributed by atoms with Crippen molar-refractivity contribution in [3.8, 4) is 17.2 Å². The van der Waals surface area contributed by atoms with Crippen molar-refractivity contribution in [3.63, 3.8) is 0 Å². The topological polar surface area (TPSA) is 93.1 Å². The summed E-state index contributed by atoms with van der Waals surface area (Å²) >= 11 is 0. The van der Waals surface area contributed by atoms with Crippen molar-refractivity contribution in [3.05, 3.63) is 54.1 Å². The third-order valence-corrected chi connectivity index (χ3v) is 4.39. The van der Waals surface area contributed by atoms with Crippen LogP contribution in [0.25, 0.3) is 0 Å². The monoisotopic (exact) mass is 356 g/mol. The first-order valence-corrected chi connectivity index (χ1v) is 8.52. The average Bonchev–Trinajstić information content (AvgIpc) is 2.64. The number of aliphatic hydroxyl groups is 1. The van der Waals surface area contributed by atoms with Crippen molar-refractivity contribution < 1.29 is 29.3 Å². The maximum Gasteiger partial charge on any atom is 0.343 e. The molecule has 0 spiro atoms. The molecule has 1 fully saturated rings. The van der Waals surface area contributed by atoms with Crippen LogP contribution in [0.5, 0.6) is 17.2 Å². The van der Waals surface area contributed by atoms with Gasteiger partial charge in [0.05, 0.1) is 17.6 Å². The summed E-state index contributed by atoms with van der Waals surface area (Å²) < 4.78 is 10.6. The number of carbonyl (C=O) groups is 2. The minimum atomic E-state index is -0.546. The van der Waals surface area contributed by atoms with E-state index in [4.69, 9.17) is 9.47 Å². The molecule has 26 heavy (non-hydrogen) atoms. The first kappa shape index (κ1) is 17.9. The summed E-state index contributed by atoms with van der Waals surface area (Å²) in [6.45, 7) is 0. The van der Waals surface area contributed by atoms with Crippen molar-refractivity contribution in [2.24, 2.45) is 5.92 Å². The van der Waals surface area contributed by atoms with E-state index in [9.17, 15) is 19.8 Å². The van der Waals surface area contributed by atoms with E-state index in [0.717, 1.165) is 0 Å². The summed E-state index contributed by atoms with van der Waals surface area (Å²) in [5, 5.41) is 18.7. The molecule has 0 unspecified atom stereocenters. The van der Waals surface area contributed by atoms with E-state index in [-0.39, 0.29) is 23.7 Å². The third kappa shape index (κ3) is 4.61. The molecule has 136 valence electrons. The quantitative estimate of drug-likeness (QED) is 0.646. The lowest BCUT2D eigenvalue weighted by molar-refractivity contribution is -0.140. The number of aromatic hydroxyl groups is 1. The average molecular weight is 356 g/mol. The summed E-state index contributed by atoms with van der Waals surface area (Å²) in [6.07, 6.45) is 2.17. The van der Waals surface area contributed by atoms with Crippen molar-refractivity contribution in [1.29, 1.82) is 0 Å². The minimum Gasteiger partial charge on any atom is -0.508 e. The van der Waals surface area contributed by atoms with Gasteiger partial charge in [-0.25, -0.2) is 4.79 Å². The highest BCUT2D eigenvalue weighted by Crippen LogP contribution is 2.27. The normalized spacial score (nSPS) is 19.6. The minimum absolute atomic E-state index is 0.0696. The summed E-state index contributed by atoms with van der Waals surface area (Å²) in [6, 6.07) is 12.0. The number of rotatable bonds is 4. The van der Waals surface area contributed by atoms with Crippen LogP contribution in [0.4, 0.5) is 0 Å². The number of carbonyl (C=O) groups excluding carboxylic acids is 2. The highest BCUT2D eigenvalue weighted by molar-refractivity contribution is 5.91. The molecule has 1 aliphatic carbocycles. The summed E-state index contributed by atoms with van der Waals surface area (Å²) in [5.74, 6) is -0.263. The van der Waals surface area contributed by atoms with E-state index < -0.39 is 5.97 Å². The van der Waals surface area contributed by atoms with Gasteiger partial charge in [-0.2, -0.15) is 0 Å². The van der Waals surface area contributed by atoms with Crippen LogP contribution in [0, 0.1) is 5.92 Å². The highest BCUT2D eigenvalue weighted by atomic mass is 16.5. The Labute approximate surface area is 151 Å². The number of aliphatic hydroxyl groups excluding tert-OH is 1. The lowest BCUT2D eigenvalue weighted by Gasteiger charge is -2.23. The van der Waals surface area contributed by atoms with Crippen LogP contribution in [0.15, 0.2) is 48.5 Å². The van der Waals surface area contributed by atoms with Crippen molar-refractivity contribution in [2.75, 3.05) is 0 Å². The number of hydrogen-bond acceptors (Lipinski definition) is 6. The van der Waals surface area contributed by atoms with Crippen LogP contribution in [-0.4, -0.2) is 28.3 Å². The molecule has 0 bridgehead atoms. The SMILES string of the molecule is O=C(Oc1ccc(OC(=O)C2CCC(O)CC2)cc1)c1ccc(O)cc1. The molecular formula is C20H20O6. The zero-order valence-electron chi connectivity index (χ0n) is 14.1. The number of ether oxygens (including phenoxy) is 2. The molecule has 0 atom stereocenters. The Hall–Kier alpha value is -2.86. The molecule has 6 nitrogen and oxygen atoms in total. The van der Waals surface area contributed by atoms with Crippen LogP contribution >= 0.6 is 0 Å². The molecule has 2 aromatic rings. The fraction of sp³-hybridized carbons (Fsp3) is 0.300. The molecule has 2 aromatic carbocycles. The summed E-state index contributed by atoms with van der Waals surface area (Å²) in [7, 11) is 0. The fourth-order valence-electron chi connectivity index (χ4n) is 2.85.